The summed E-state index contributed by atoms with van der Waals surface area (Å²) in [5, 5.41) is 10.5. The molecule has 6 nitrogen and oxygen atoms in total. The van der Waals surface area contributed by atoms with Crippen molar-refractivity contribution < 1.29 is 19.4 Å². The third kappa shape index (κ3) is 3.54. The first-order valence-corrected chi connectivity index (χ1v) is 8.71. The molecular weight excluding hydrogens is 332 g/mol. The Kier molecular flexibility index (Phi) is 5.21. The van der Waals surface area contributed by atoms with Crippen LogP contribution >= 0.6 is 0 Å². The summed E-state index contributed by atoms with van der Waals surface area (Å²) in [4.78, 5) is 28.8. The van der Waals surface area contributed by atoms with Gasteiger partial charge in [0.25, 0.3) is 0 Å². The molecule has 1 aliphatic heterocycles. The van der Waals surface area contributed by atoms with Crippen molar-refractivity contribution in [1.29, 1.82) is 0 Å². The van der Waals surface area contributed by atoms with E-state index in [1.165, 1.54) is 6.08 Å². The van der Waals surface area contributed by atoms with Crippen molar-refractivity contribution in [2.75, 3.05) is 6.61 Å². The molecule has 1 aliphatic rings. The Morgan fingerprint density at radius 3 is 2.77 bits per heavy atom. The molecule has 2 heterocycles. The van der Waals surface area contributed by atoms with E-state index >= 15 is 0 Å². The van der Waals surface area contributed by atoms with Gasteiger partial charge in [-0.1, -0.05) is 18.2 Å². The van der Waals surface area contributed by atoms with Crippen LogP contribution < -0.4 is 0 Å². The second-order valence-electron chi connectivity index (χ2n) is 6.36. The summed E-state index contributed by atoms with van der Waals surface area (Å²) in [7, 11) is 1.86. The van der Waals surface area contributed by atoms with Crippen molar-refractivity contribution in [2.24, 2.45) is 7.05 Å². The summed E-state index contributed by atoms with van der Waals surface area (Å²) in [6.45, 7) is 2.01. The van der Waals surface area contributed by atoms with Gasteiger partial charge in [-0.05, 0) is 32.3 Å². The van der Waals surface area contributed by atoms with E-state index < -0.39 is 5.97 Å². The van der Waals surface area contributed by atoms with Crippen molar-refractivity contribution >= 4 is 28.9 Å². The zero-order valence-electron chi connectivity index (χ0n) is 15.0. The zero-order valence-corrected chi connectivity index (χ0v) is 15.0. The number of carbonyl (C=O) groups excluding carboxylic acids is 2. The number of ether oxygens (including phenoxy) is 1. The molecule has 0 spiro atoms. The molecule has 1 aromatic carbocycles. The van der Waals surface area contributed by atoms with Gasteiger partial charge in [-0.25, -0.2) is 9.78 Å². The number of aromatic nitrogens is 2. The molecule has 0 radical (unpaired) electrons. The van der Waals surface area contributed by atoms with E-state index in [9.17, 15) is 14.7 Å². The van der Waals surface area contributed by atoms with Crippen LogP contribution in [0.5, 0.6) is 5.75 Å². The summed E-state index contributed by atoms with van der Waals surface area (Å²) in [5.41, 5.74) is 2.07. The molecule has 0 amide bonds. The van der Waals surface area contributed by atoms with Gasteiger partial charge in [-0.3, -0.25) is 4.79 Å². The molecule has 0 unspecified atom stereocenters. The standard InChI is InChI=1S/C20H22N2O4/c1-13-21-19-15-10-5-3-4-8-14(23)9-6-7-11-26-20(25)18(15)17(24)12-16(19)22(13)2/h5-6,9-10,12,24H,3-4,7-8,11H2,1-2H3/b9-6-,10-5+. The van der Waals surface area contributed by atoms with Crippen molar-refractivity contribution in [1.82, 2.24) is 9.55 Å². The van der Waals surface area contributed by atoms with Crippen LogP contribution in [-0.4, -0.2) is 33.0 Å². The molecule has 0 saturated carbocycles. The fourth-order valence-electron chi connectivity index (χ4n) is 3.01. The molecule has 0 saturated heterocycles. The predicted octanol–water partition coefficient (Wildman–Crippen LogP) is 3.46. The number of nitrogens with zero attached hydrogens (tertiary/aromatic N) is 2. The maximum Gasteiger partial charge on any atom is 0.342 e. The van der Waals surface area contributed by atoms with E-state index in [1.54, 1.807) is 18.2 Å². The van der Waals surface area contributed by atoms with Crippen LogP contribution in [0.15, 0.2) is 24.3 Å². The van der Waals surface area contributed by atoms with E-state index in [2.05, 4.69) is 4.98 Å². The summed E-state index contributed by atoms with van der Waals surface area (Å²) in [6, 6.07) is 1.55. The third-order valence-corrected chi connectivity index (χ3v) is 4.52. The van der Waals surface area contributed by atoms with Crippen LogP contribution in [0.3, 0.4) is 0 Å². The van der Waals surface area contributed by atoms with Gasteiger partial charge in [-0.2, -0.15) is 0 Å². The Bertz CT molecular complexity index is 922. The maximum atomic E-state index is 12.6. The Labute approximate surface area is 151 Å². The number of aryl methyl sites for hydroxylation is 2. The smallest absolute Gasteiger partial charge is 0.342 e. The minimum atomic E-state index is -0.593. The number of esters is 1. The lowest BCUT2D eigenvalue weighted by Gasteiger charge is -2.10. The number of phenols is 1. The number of fused-ring (bicyclic) bond motifs is 3. The van der Waals surface area contributed by atoms with Crippen molar-refractivity contribution in [2.45, 2.75) is 32.6 Å². The number of allylic oxidation sites excluding steroid dienone is 2. The van der Waals surface area contributed by atoms with Crippen LogP contribution in [0.1, 0.15) is 47.4 Å². The first-order chi connectivity index (χ1) is 12.5. The Balaban J connectivity index is 2.10. The largest absolute Gasteiger partial charge is 0.507 e. The van der Waals surface area contributed by atoms with Gasteiger partial charge in [0.2, 0.25) is 0 Å². The molecule has 1 aromatic heterocycles. The first kappa shape index (κ1) is 17.9. The lowest BCUT2D eigenvalue weighted by molar-refractivity contribution is -0.114. The molecule has 0 fully saturated rings. The molecule has 0 aliphatic carbocycles. The highest BCUT2D eigenvalue weighted by molar-refractivity contribution is 6.03. The lowest BCUT2D eigenvalue weighted by atomic mass is 10.0. The van der Waals surface area contributed by atoms with Crippen molar-refractivity contribution in [3.63, 3.8) is 0 Å². The molecule has 136 valence electrons. The average Bonchev–Trinajstić information content (AvgIpc) is 2.88. The quantitative estimate of drug-likeness (QED) is 0.733. The number of rotatable bonds is 0. The highest BCUT2D eigenvalue weighted by atomic mass is 16.5. The van der Waals surface area contributed by atoms with Gasteiger partial charge in [0, 0.05) is 25.1 Å². The van der Waals surface area contributed by atoms with Gasteiger partial charge >= 0.3 is 5.97 Å². The normalized spacial score (nSPS) is 18.8. The van der Waals surface area contributed by atoms with Crippen molar-refractivity contribution in [3.8, 4) is 5.75 Å². The van der Waals surface area contributed by atoms with Gasteiger partial charge in [0.15, 0.2) is 5.78 Å². The molecule has 1 N–H and O–H groups in total. The van der Waals surface area contributed by atoms with Crippen LogP contribution in [-0.2, 0) is 16.6 Å². The second kappa shape index (κ2) is 7.56. The van der Waals surface area contributed by atoms with Crippen molar-refractivity contribution in [3.05, 3.63) is 41.2 Å². The van der Waals surface area contributed by atoms with E-state index in [0.29, 0.717) is 30.3 Å². The number of benzene rings is 1. The van der Waals surface area contributed by atoms with Gasteiger partial charge in [0.05, 0.1) is 17.6 Å². The Morgan fingerprint density at radius 1 is 1.19 bits per heavy atom. The number of imidazole rings is 1. The van der Waals surface area contributed by atoms with Crippen LogP contribution in [0.2, 0.25) is 0 Å². The number of hydrogen-bond acceptors (Lipinski definition) is 5. The van der Waals surface area contributed by atoms with E-state index in [0.717, 1.165) is 17.8 Å². The highest BCUT2D eigenvalue weighted by Gasteiger charge is 2.22. The molecule has 2 aromatic rings. The molecular formula is C20H22N2O4. The topological polar surface area (TPSA) is 81.4 Å². The number of hydrogen-bond donors (Lipinski definition) is 1. The average molecular weight is 354 g/mol. The van der Waals surface area contributed by atoms with Crippen LogP contribution in [0.4, 0.5) is 0 Å². The van der Waals surface area contributed by atoms with E-state index in [-0.39, 0.29) is 23.7 Å². The number of aromatic hydroxyl groups is 1. The summed E-state index contributed by atoms with van der Waals surface area (Å²) < 4.78 is 7.15. The Hall–Kier alpha value is -2.89. The first-order valence-electron chi connectivity index (χ1n) is 8.71. The van der Waals surface area contributed by atoms with Gasteiger partial charge < -0.3 is 14.4 Å². The van der Waals surface area contributed by atoms with Crippen LogP contribution in [0, 0.1) is 6.92 Å². The fourth-order valence-corrected chi connectivity index (χ4v) is 3.01. The highest BCUT2D eigenvalue weighted by Crippen LogP contribution is 2.32. The number of cyclic esters (lactones) is 1. The number of ketones is 1. The minimum Gasteiger partial charge on any atom is -0.507 e. The maximum absolute atomic E-state index is 12.6. The fraction of sp³-hybridized carbons (Fsp3) is 0.350. The van der Waals surface area contributed by atoms with E-state index in [4.69, 9.17) is 4.74 Å². The summed E-state index contributed by atoms with van der Waals surface area (Å²) in [6.07, 6.45) is 9.28. The predicted molar refractivity (Wildman–Crippen MR) is 99.0 cm³/mol. The molecule has 26 heavy (non-hydrogen) atoms. The monoisotopic (exact) mass is 354 g/mol. The van der Waals surface area contributed by atoms with Gasteiger partial charge in [0.1, 0.15) is 17.1 Å². The zero-order chi connectivity index (χ0) is 18.7. The minimum absolute atomic E-state index is 0.0718. The summed E-state index contributed by atoms with van der Waals surface area (Å²) >= 11 is 0. The van der Waals surface area contributed by atoms with E-state index in [1.807, 2.05) is 24.6 Å². The Morgan fingerprint density at radius 2 is 1.96 bits per heavy atom. The van der Waals surface area contributed by atoms with Crippen LogP contribution in [0.25, 0.3) is 17.1 Å². The second-order valence-corrected chi connectivity index (χ2v) is 6.36. The molecule has 3 rings (SSSR count). The lowest BCUT2D eigenvalue weighted by Crippen LogP contribution is -2.09. The molecule has 0 bridgehead atoms. The van der Waals surface area contributed by atoms with Gasteiger partial charge in [-0.15, -0.1) is 0 Å². The molecule has 6 heteroatoms. The SMILES string of the molecule is Cc1nc2c3c(c(O)cc2n1C)C(=O)OCC/C=C\C(=O)CCC/C=C/3. The summed E-state index contributed by atoms with van der Waals surface area (Å²) in [5.74, 6) is 0.138. The number of phenolic OH excluding ortho intramolecular Hbond substituents is 1. The third-order valence-electron chi connectivity index (χ3n) is 4.52. The molecule has 0 atom stereocenters. The number of carbonyl (C=O) groups is 2.